The molecule has 0 bridgehead atoms. The quantitative estimate of drug-likeness (QED) is 0.842. The summed E-state index contributed by atoms with van der Waals surface area (Å²) in [4.78, 5) is 12.3. The molecule has 25 heavy (non-hydrogen) atoms. The summed E-state index contributed by atoms with van der Waals surface area (Å²) in [6.07, 6.45) is 1.51. The van der Waals surface area contributed by atoms with Gasteiger partial charge in [0.05, 0.1) is 22.2 Å². The number of carbonyl (C=O) groups excluding carboxylic acids is 1. The van der Waals surface area contributed by atoms with E-state index >= 15 is 0 Å². The molecule has 3 rings (SSSR count). The van der Waals surface area contributed by atoms with Crippen LogP contribution in [-0.4, -0.2) is 26.6 Å². The van der Waals surface area contributed by atoms with Crippen molar-refractivity contribution in [3.05, 3.63) is 58.1 Å². The van der Waals surface area contributed by atoms with Gasteiger partial charge in [-0.05, 0) is 55.3 Å². The number of halogens is 2. The third-order valence-corrected chi connectivity index (χ3v) is 6.38. The highest BCUT2D eigenvalue weighted by molar-refractivity contribution is 7.92. The van der Waals surface area contributed by atoms with Gasteiger partial charge < -0.3 is 5.32 Å². The van der Waals surface area contributed by atoms with E-state index in [1.807, 2.05) is 0 Å². The number of amides is 1. The summed E-state index contributed by atoms with van der Waals surface area (Å²) in [5.41, 5.74) is 1.38. The lowest BCUT2D eigenvalue weighted by atomic mass is 10.2. The zero-order valence-corrected chi connectivity index (χ0v) is 15.5. The topological polar surface area (TPSA) is 66.5 Å². The number of hydrogen-bond donors (Lipinski definition) is 1. The van der Waals surface area contributed by atoms with E-state index in [9.17, 15) is 13.2 Å². The fraction of sp³-hybridized carbons (Fsp3) is 0.235. The molecule has 0 saturated carbocycles. The summed E-state index contributed by atoms with van der Waals surface area (Å²) in [6, 6.07) is 11.3. The van der Waals surface area contributed by atoms with Crippen molar-refractivity contribution in [3.8, 4) is 0 Å². The van der Waals surface area contributed by atoms with Crippen molar-refractivity contribution in [2.75, 3.05) is 21.9 Å². The van der Waals surface area contributed by atoms with Crippen LogP contribution in [-0.2, 0) is 10.0 Å². The number of anilines is 2. The number of sulfonamides is 1. The summed E-state index contributed by atoms with van der Waals surface area (Å²) in [7, 11) is -3.27. The van der Waals surface area contributed by atoms with Crippen molar-refractivity contribution in [2.24, 2.45) is 0 Å². The van der Waals surface area contributed by atoms with E-state index in [0.717, 1.165) is 6.42 Å². The molecule has 5 nitrogen and oxygen atoms in total. The highest BCUT2D eigenvalue weighted by atomic mass is 35.5. The van der Waals surface area contributed by atoms with Crippen LogP contribution in [0, 0.1) is 0 Å². The van der Waals surface area contributed by atoms with E-state index in [4.69, 9.17) is 23.2 Å². The van der Waals surface area contributed by atoms with Crippen molar-refractivity contribution in [3.63, 3.8) is 0 Å². The molecule has 0 unspecified atom stereocenters. The zero-order valence-electron chi connectivity index (χ0n) is 13.2. The summed E-state index contributed by atoms with van der Waals surface area (Å²) in [5, 5.41) is 3.54. The molecule has 1 N–H and O–H groups in total. The fourth-order valence-corrected chi connectivity index (χ4v) is 4.62. The lowest BCUT2D eigenvalue weighted by molar-refractivity contribution is 0.102. The van der Waals surface area contributed by atoms with Crippen LogP contribution in [0.5, 0.6) is 0 Å². The Balaban J connectivity index is 1.78. The first-order valence-electron chi connectivity index (χ1n) is 7.74. The van der Waals surface area contributed by atoms with Crippen LogP contribution in [0.25, 0.3) is 0 Å². The van der Waals surface area contributed by atoms with Gasteiger partial charge in [-0.2, -0.15) is 0 Å². The maximum atomic E-state index is 12.3. The molecule has 1 heterocycles. The number of nitrogens with zero attached hydrogens (tertiary/aromatic N) is 1. The molecule has 1 aliphatic heterocycles. The van der Waals surface area contributed by atoms with Crippen LogP contribution in [0.3, 0.4) is 0 Å². The first-order valence-corrected chi connectivity index (χ1v) is 10.1. The minimum absolute atomic E-state index is 0.155. The molecule has 132 valence electrons. The molecule has 8 heteroatoms. The largest absolute Gasteiger partial charge is 0.321 e. The summed E-state index contributed by atoms with van der Waals surface area (Å²) >= 11 is 11.9. The van der Waals surface area contributed by atoms with Crippen LogP contribution in [0.1, 0.15) is 23.2 Å². The van der Waals surface area contributed by atoms with Gasteiger partial charge in [-0.1, -0.05) is 23.2 Å². The Morgan fingerprint density at radius 3 is 2.44 bits per heavy atom. The smallest absolute Gasteiger partial charge is 0.255 e. The van der Waals surface area contributed by atoms with Crippen molar-refractivity contribution in [2.45, 2.75) is 12.8 Å². The number of carbonyl (C=O) groups is 1. The monoisotopic (exact) mass is 398 g/mol. The van der Waals surface area contributed by atoms with Crippen molar-refractivity contribution < 1.29 is 13.2 Å². The van der Waals surface area contributed by atoms with E-state index in [1.54, 1.807) is 42.5 Å². The average Bonchev–Trinajstić information content (AvgIpc) is 2.58. The molecule has 1 amide bonds. The third-order valence-electron chi connectivity index (χ3n) is 3.94. The van der Waals surface area contributed by atoms with Crippen LogP contribution in [0.4, 0.5) is 11.4 Å². The van der Waals surface area contributed by atoms with E-state index in [2.05, 4.69) is 5.32 Å². The molecule has 2 aromatic carbocycles. The van der Waals surface area contributed by atoms with Gasteiger partial charge in [0.2, 0.25) is 10.0 Å². The normalized spacial score (nSPS) is 16.5. The van der Waals surface area contributed by atoms with Gasteiger partial charge in [-0.25, -0.2) is 8.42 Å². The lowest BCUT2D eigenvalue weighted by Gasteiger charge is -2.28. The molecule has 1 fully saturated rings. The Hall–Kier alpha value is -1.76. The number of hydrogen-bond acceptors (Lipinski definition) is 3. The molecule has 1 aliphatic rings. The van der Waals surface area contributed by atoms with Gasteiger partial charge >= 0.3 is 0 Å². The standard InChI is InChI=1S/C17H16Cl2N2O3S/c18-13-5-8-15(19)16(11-13)20-17(22)12-3-6-14(7-4-12)21-9-1-2-10-25(21,23)24/h3-8,11H,1-2,9-10H2,(H,20,22). The van der Waals surface area contributed by atoms with E-state index < -0.39 is 10.0 Å². The Labute approximate surface area is 156 Å². The number of nitrogens with one attached hydrogen (secondary N) is 1. The van der Waals surface area contributed by atoms with Gasteiger partial charge in [-0.15, -0.1) is 0 Å². The molecule has 0 radical (unpaired) electrons. The molecule has 0 aromatic heterocycles. The Morgan fingerprint density at radius 2 is 1.76 bits per heavy atom. The second-order valence-corrected chi connectivity index (χ2v) is 8.58. The maximum Gasteiger partial charge on any atom is 0.255 e. The summed E-state index contributed by atoms with van der Waals surface area (Å²) in [5.74, 6) is -0.195. The first kappa shape index (κ1) is 18.0. The van der Waals surface area contributed by atoms with Gasteiger partial charge in [0.25, 0.3) is 5.91 Å². The van der Waals surface area contributed by atoms with Gasteiger partial charge in [-0.3, -0.25) is 9.10 Å². The Morgan fingerprint density at radius 1 is 1.04 bits per heavy atom. The third kappa shape index (κ3) is 4.08. The highest BCUT2D eigenvalue weighted by Gasteiger charge is 2.26. The molecule has 1 saturated heterocycles. The predicted molar refractivity (Wildman–Crippen MR) is 101 cm³/mol. The first-order chi connectivity index (χ1) is 11.9. The molecule has 2 aromatic rings. The average molecular weight is 399 g/mol. The van der Waals surface area contributed by atoms with Crippen LogP contribution < -0.4 is 9.62 Å². The minimum Gasteiger partial charge on any atom is -0.321 e. The van der Waals surface area contributed by atoms with Gasteiger partial charge in [0.15, 0.2) is 0 Å². The Kier molecular flexibility index (Phi) is 5.22. The molecular formula is C17H16Cl2N2O3S. The summed E-state index contributed by atoms with van der Waals surface area (Å²) < 4.78 is 25.7. The molecular weight excluding hydrogens is 383 g/mol. The van der Waals surface area contributed by atoms with Crippen LogP contribution in [0.2, 0.25) is 10.0 Å². The number of rotatable bonds is 3. The molecule has 0 atom stereocenters. The molecule has 0 aliphatic carbocycles. The van der Waals surface area contributed by atoms with Crippen molar-refractivity contribution in [1.29, 1.82) is 0 Å². The van der Waals surface area contributed by atoms with E-state index in [1.165, 1.54) is 4.31 Å². The fourth-order valence-electron chi connectivity index (χ4n) is 2.65. The van der Waals surface area contributed by atoms with E-state index in [-0.39, 0.29) is 11.7 Å². The van der Waals surface area contributed by atoms with Crippen molar-refractivity contribution in [1.82, 2.24) is 0 Å². The zero-order chi connectivity index (χ0) is 18.0. The molecule has 0 spiro atoms. The second-order valence-electron chi connectivity index (χ2n) is 5.72. The van der Waals surface area contributed by atoms with Gasteiger partial charge in [0.1, 0.15) is 0 Å². The summed E-state index contributed by atoms with van der Waals surface area (Å²) in [6.45, 7) is 0.464. The second kappa shape index (κ2) is 7.23. The van der Waals surface area contributed by atoms with Crippen molar-refractivity contribution >= 4 is 50.5 Å². The minimum atomic E-state index is -3.27. The van der Waals surface area contributed by atoms with Crippen LogP contribution >= 0.6 is 23.2 Å². The van der Waals surface area contributed by atoms with Crippen LogP contribution in [0.15, 0.2) is 42.5 Å². The van der Waals surface area contributed by atoms with Gasteiger partial charge in [0, 0.05) is 17.1 Å². The van der Waals surface area contributed by atoms with E-state index in [0.29, 0.717) is 39.9 Å². The lowest BCUT2D eigenvalue weighted by Crippen LogP contribution is -2.37. The predicted octanol–water partition coefficient (Wildman–Crippen LogP) is 4.18. The number of benzene rings is 2. The maximum absolute atomic E-state index is 12.3. The SMILES string of the molecule is O=C(Nc1cc(Cl)ccc1Cl)c1ccc(N2CCCCS2(=O)=O)cc1. The Bertz CT molecular complexity index is 899. The highest BCUT2D eigenvalue weighted by Crippen LogP contribution is 2.27.